The first-order valence-corrected chi connectivity index (χ1v) is 7.63. The predicted octanol–water partition coefficient (Wildman–Crippen LogP) is 2.25. The van der Waals surface area contributed by atoms with E-state index in [-0.39, 0.29) is 0 Å². The number of hydrogen-bond acceptors (Lipinski definition) is 3. The van der Waals surface area contributed by atoms with Crippen LogP contribution in [0.25, 0.3) is 0 Å². The number of aliphatic hydroxyl groups is 1. The average molecular weight is 256 g/mol. The Labute approximate surface area is 113 Å². The van der Waals surface area contributed by atoms with Crippen molar-refractivity contribution >= 4 is 0 Å². The molecule has 1 rings (SSSR count). The van der Waals surface area contributed by atoms with Crippen LogP contribution in [0.4, 0.5) is 0 Å². The third kappa shape index (κ3) is 4.87. The topological polar surface area (TPSA) is 35.5 Å². The van der Waals surface area contributed by atoms with Gasteiger partial charge in [0.1, 0.15) is 0 Å². The summed E-state index contributed by atoms with van der Waals surface area (Å²) in [6.45, 7) is 8.20. The fourth-order valence-corrected chi connectivity index (χ4v) is 3.29. The summed E-state index contributed by atoms with van der Waals surface area (Å²) in [6.07, 6.45) is 7.78. The largest absolute Gasteiger partial charge is 0.396 e. The second-order valence-corrected chi connectivity index (χ2v) is 6.23. The number of hydrogen-bond donors (Lipinski definition) is 2. The molecule has 1 aliphatic rings. The summed E-state index contributed by atoms with van der Waals surface area (Å²) in [5, 5.41) is 12.4. The van der Waals surface area contributed by atoms with Crippen LogP contribution >= 0.6 is 0 Å². The van der Waals surface area contributed by atoms with Gasteiger partial charge in [-0.05, 0) is 45.6 Å². The molecular formula is C15H32N2O. The fraction of sp³-hybridized carbons (Fsp3) is 1.00. The van der Waals surface area contributed by atoms with E-state index >= 15 is 0 Å². The summed E-state index contributed by atoms with van der Waals surface area (Å²) >= 11 is 0. The lowest BCUT2D eigenvalue weighted by Crippen LogP contribution is -2.47. The molecule has 3 heteroatoms. The standard InChI is InChI=1S/C15H32N2O/c1-14(2)17(10-7-11-18)13-15(12-16-3)8-5-4-6-9-15/h14,16,18H,4-13H2,1-3H3. The lowest BCUT2D eigenvalue weighted by atomic mass is 9.73. The molecule has 2 N–H and O–H groups in total. The Balaban J connectivity index is 2.60. The van der Waals surface area contributed by atoms with Gasteiger partial charge in [0.05, 0.1) is 0 Å². The Morgan fingerprint density at radius 3 is 2.39 bits per heavy atom. The lowest BCUT2D eigenvalue weighted by Gasteiger charge is -2.42. The van der Waals surface area contributed by atoms with E-state index in [0.717, 1.165) is 19.5 Å². The highest BCUT2D eigenvalue weighted by Gasteiger charge is 2.33. The van der Waals surface area contributed by atoms with Gasteiger partial charge in [-0.15, -0.1) is 0 Å². The lowest BCUT2D eigenvalue weighted by molar-refractivity contribution is 0.0800. The molecule has 1 aliphatic carbocycles. The monoisotopic (exact) mass is 256 g/mol. The molecule has 3 nitrogen and oxygen atoms in total. The van der Waals surface area contributed by atoms with Crippen LogP contribution in [0.2, 0.25) is 0 Å². The first-order chi connectivity index (χ1) is 8.63. The second-order valence-electron chi connectivity index (χ2n) is 6.23. The van der Waals surface area contributed by atoms with Crippen molar-refractivity contribution in [3.63, 3.8) is 0 Å². The summed E-state index contributed by atoms with van der Waals surface area (Å²) in [7, 11) is 2.07. The van der Waals surface area contributed by atoms with Gasteiger partial charge < -0.3 is 15.3 Å². The van der Waals surface area contributed by atoms with Crippen molar-refractivity contribution in [3.05, 3.63) is 0 Å². The minimum Gasteiger partial charge on any atom is -0.396 e. The van der Waals surface area contributed by atoms with Crippen LogP contribution < -0.4 is 5.32 Å². The summed E-state index contributed by atoms with van der Waals surface area (Å²) in [4.78, 5) is 2.55. The Morgan fingerprint density at radius 2 is 1.89 bits per heavy atom. The smallest absolute Gasteiger partial charge is 0.0443 e. The SMILES string of the molecule is CNCC1(CN(CCCO)C(C)C)CCCCC1. The third-order valence-corrected chi connectivity index (χ3v) is 4.34. The molecular weight excluding hydrogens is 224 g/mol. The van der Waals surface area contributed by atoms with Crippen LogP contribution in [-0.2, 0) is 0 Å². The van der Waals surface area contributed by atoms with E-state index in [1.54, 1.807) is 0 Å². The van der Waals surface area contributed by atoms with Crippen LogP contribution in [0.5, 0.6) is 0 Å². The summed E-state index contributed by atoms with van der Waals surface area (Å²) in [6, 6.07) is 0.576. The summed E-state index contributed by atoms with van der Waals surface area (Å²) in [5.74, 6) is 0. The molecule has 0 aromatic rings. The third-order valence-electron chi connectivity index (χ3n) is 4.34. The van der Waals surface area contributed by atoms with Crippen molar-refractivity contribution in [2.24, 2.45) is 5.41 Å². The number of aliphatic hydroxyl groups excluding tert-OH is 1. The quantitative estimate of drug-likeness (QED) is 0.699. The zero-order chi connectivity index (χ0) is 13.4. The maximum atomic E-state index is 9.03. The van der Waals surface area contributed by atoms with Gasteiger partial charge in [-0.3, -0.25) is 0 Å². The highest BCUT2D eigenvalue weighted by molar-refractivity contribution is 4.88. The van der Waals surface area contributed by atoms with Crippen molar-refractivity contribution in [2.75, 3.05) is 33.3 Å². The van der Waals surface area contributed by atoms with Crippen molar-refractivity contribution in [1.29, 1.82) is 0 Å². The van der Waals surface area contributed by atoms with Gasteiger partial charge in [-0.25, -0.2) is 0 Å². The molecule has 0 bridgehead atoms. The van der Waals surface area contributed by atoms with Crippen molar-refractivity contribution in [1.82, 2.24) is 10.2 Å². The predicted molar refractivity (Wildman–Crippen MR) is 77.9 cm³/mol. The number of rotatable bonds is 8. The van der Waals surface area contributed by atoms with E-state index in [2.05, 4.69) is 31.1 Å². The van der Waals surface area contributed by atoms with Gasteiger partial charge in [0.2, 0.25) is 0 Å². The Hall–Kier alpha value is -0.120. The van der Waals surface area contributed by atoms with Gasteiger partial charge in [-0.1, -0.05) is 19.3 Å². The van der Waals surface area contributed by atoms with E-state index in [0.29, 0.717) is 18.1 Å². The van der Waals surface area contributed by atoms with Gasteiger partial charge in [0, 0.05) is 32.3 Å². The molecule has 1 fully saturated rings. The highest BCUT2D eigenvalue weighted by atomic mass is 16.3. The highest BCUT2D eigenvalue weighted by Crippen LogP contribution is 2.36. The van der Waals surface area contributed by atoms with Crippen LogP contribution in [-0.4, -0.2) is 49.3 Å². The van der Waals surface area contributed by atoms with Gasteiger partial charge in [0.15, 0.2) is 0 Å². The molecule has 0 aromatic heterocycles. The molecule has 0 radical (unpaired) electrons. The maximum Gasteiger partial charge on any atom is 0.0443 e. The van der Waals surface area contributed by atoms with Gasteiger partial charge in [-0.2, -0.15) is 0 Å². The number of nitrogens with one attached hydrogen (secondary N) is 1. The first kappa shape index (κ1) is 15.9. The van der Waals surface area contributed by atoms with Crippen LogP contribution in [0.15, 0.2) is 0 Å². The number of nitrogens with zero attached hydrogens (tertiary/aromatic N) is 1. The van der Waals surface area contributed by atoms with Crippen LogP contribution in [0, 0.1) is 5.41 Å². The molecule has 0 unspecified atom stereocenters. The first-order valence-electron chi connectivity index (χ1n) is 7.63. The van der Waals surface area contributed by atoms with E-state index in [9.17, 15) is 0 Å². The fourth-order valence-electron chi connectivity index (χ4n) is 3.29. The molecule has 108 valence electrons. The molecule has 0 aromatic carbocycles. The van der Waals surface area contributed by atoms with Crippen LogP contribution in [0.3, 0.4) is 0 Å². The van der Waals surface area contributed by atoms with Crippen molar-refractivity contribution in [3.8, 4) is 0 Å². The zero-order valence-corrected chi connectivity index (χ0v) is 12.5. The molecule has 0 saturated heterocycles. The van der Waals surface area contributed by atoms with E-state index in [1.165, 1.54) is 38.6 Å². The molecule has 0 spiro atoms. The van der Waals surface area contributed by atoms with E-state index in [1.807, 2.05) is 0 Å². The molecule has 0 aliphatic heterocycles. The molecule has 1 saturated carbocycles. The van der Waals surface area contributed by atoms with Gasteiger partial charge in [0.25, 0.3) is 0 Å². The Kier molecular flexibility index (Phi) is 7.20. The van der Waals surface area contributed by atoms with Gasteiger partial charge >= 0.3 is 0 Å². The maximum absolute atomic E-state index is 9.03. The molecule has 0 heterocycles. The molecule has 0 amide bonds. The normalized spacial score (nSPS) is 19.7. The Morgan fingerprint density at radius 1 is 1.22 bits per heavy atom. The zero-order valence-electron chi connectivity index (χ0n) is 12.5. The van der Waals surface area contributed by atoms with E-state index < -0.39 is 0 Å². The summed E-state index contributed by atoms with van der Waals surface area (Å²) < 4.78 is 0. The van der Waals surface area contributed by atoms with E-state index in [4.69, 9.17) is 5.11 Å². The Bertz CT molecular complexity index is 207. The second kappa shape index (κ2) is 8.13. The van der Waals surface area contributed by atoms with Crippen molar-refractivity contribution < 1.29 is 5.11 Å². The minimum absolute atomic E-state index is 0.308. The summed E-state index contributed by atoms with van der Waals surface area (Å²) in [5.41, 5.74) is 0.465. The van der Waals surface area contributed by atoms with Crippen molar-refractivity contribution in [2.45, 2.75) is 58.4 Å². The molecule has 0 atom stereocenters. The van der Waals surface area contributed by atoms with Crippen LogP contribution in [0.1, 0.15) is 52.4 Å². The average Bonchev–Trinajstić information content (AvgIpc) is 2.35. The minimum atomic E-state index is 0.308. The molecule has 18 heavy (non-hydrogen) atoms.